The molecule has 1 saturated heterocycles. The van der Waals surface area contributed by atoms with Crippen molar-refractivity contribution in [2.45, 2.75) is 72.3 Å². The minimum atomic E-state index is -2.15. The third-order valence-corrected chi connectivity index (χ3v) is 10.0. The lowest BCUT2D eigenvalue weighted by molar-refractivity contribution is -0.124. The molecule has 2 aliphatic rings. The van der Waals surface area contributed by atoms with Gasteiger partial charge in [0.2, 0.25) is 5.91 Å². The fourth-order valence-electron chi connectivity index (χ4n) is 4.58. The second-order valence-corrected chi connectivity index (χ2v) is 15.3. The number of hydrogen-bond acceptors (Lipinski definition) is 4. The van der Waals surface area contributed by atoms with Crippen LogP contribution in [0.2, 0.25) is 0 Å². The number of aromatic carboxylic acids is 1. The van der Waals surface area contributed by atoms with Crippen molar-refractivity contribution in [3.8, 4) is 11.8 Å². The Labute approximate surface area is 196 Å². The predicted molar refractivity (Wildman–Crippen MR) is 133 cm³/mol. The van der Waals surface area contributed by atoms with E-state index in [0.29, 0.717) is 41.6 Å². The number of thiophene rings is 1. The molecule has 0 radical (unpaired) electrons. The summed E-state index contributed by atoms with van der Waals surface area (Å²) in [7, 11) is -2.15. The van der Waals surface area contributed by atoms with Crippen LogP contribution in [0, 0.1) is 29.1 Å². The van der Waals surface area contributed by atoms with Gasteiger partial charge in [-0.15, -0.1) is 11.3 Å². The average Bonchev–Trinajstić information content (AvgIpc) is 3.12. The van der Waals surface area contributed by atoms with Crippen molar-refractivity contribution in [2.24, 2.45) is 17.3 Å². The van der Waals surface area contributed by atoms with E-state index < -0.39 is 13.1 Å². The average molecular weight is 478 g/mol. The Morgan fingerprint density at radius 1 is 1.12 bits per heavy atom. The van der Waals surface area contributed by atoms with E-state index in [9.17, 15) is 19.3 Å². The van der Waals surface area contributed by atoms with Crippen molar-refractivity contribution in [1.82, 2.24) is 0 Å². The highest BCUT2D eigenvalue weighted by atomic mass is 32.1. The molecule has 1 amide bonds. The number of carboxylic acid groups (broad SMARTS) is 1. The molecular formula is C25H36NO4PS. The number of carbonyl (C=O) groups excluding carboxylic acids is 1. The van der Waals surface area contributed by atoms with Crippen LogP contribution in [-0.2, 0) is 9.36 Å². The number of carboxylic acids is 1. The lowest BCUT2D eigenvalue weighted by Crippen LogP contribution is -2.47. The molecule has 0 spiro atoms. The highest BCUT2D eigenvalue weighted by Gasteiger charge is 2.38. The van der Waals surface area contributed by atoms with Crippen molar-refractivity contribution >= 4 is 36.0 Å². The van der Waals surface area contributed by atoms with E-state index in [2.05, 4.69) is 18.8 Å². The maximum atomic E-state index is 13.8. The number of hydrogen-bond donors (Lipinski definition) is 1. The van der Waals surface area contributed by atoms with E-state index in [4.69, 9.17) is 0 Å². The lowest BCUT2D eigenvalue weighted by atomic mass is 9.82. The molecule has 1 saturated carbocycles. The zero-order valence-electron chi connectivity index (χ0n) is 19.9. The topological polar surface area (TPSA) is 74.7 Å². The molecule has 0 unspecified atom stereocenters. The normalized spacial score (nSPS) is 28.5. The molecule has 0 bridgehead atoms. The highest BCUT2D eigenvalue weighted by molar-refractivity contribution is 7.63. The first-order valence-electron chi connectivity index (χ1n) is 11.7. The molecule has 2 fully saturated rings. The summed E-state index contributed by atoms with van der Waals surface area (Å²) in [6.07, 6.45) is 6.25. The van der Waals surface area contributed by atoms with Gasteiger partial charge in [-0.25, -0.2) is 4.79 Å². The number of carbonyl (C=O) groups is 2. The van der Waals surface area contributed by atoms with Crippen LogP contribution in [0.15, 0.2) is 6.07 Å². The van der Waals surface area contributed by atoms with Crippen LogP contribution in [0.4, 0.5) is 5.69 Å². The quantitative estimate of drug-likeness (QED) is 0.416. The summed E-state index contributed by atoms with van der Waals surface area (Å²) in [5.41, 5.74) is 0.273. The number of nitrogens with zero attached hydrogens (tertiary/aromatic N) is 1. The molecule has 0 aromatic carbocycles. The van der Waals surface area contributed by atoms with Crippen LogP contribution in [0.25, 0.3) is 0 Å². The lowest BCUT2D eigenvalue weighted by Gasteiger charge is -2.39. The Balaban J connectivity index is 2.01. The summed E-state index contributed by atoms with van der Waals surface area (Å²) in [5.74, 6) is 5.85. The minimum Gasteiger partial charge on any atom is -0.477 e. The molecule has 5 nitrogen and oxygen atoms in total. The van der Waals surface area contributed by atoms with Crippen LogP contribution in [0.1, 0.15) is 80.8 Å². The molecule has 2 heterocycles. The first kappa shape index (κ1) is 25.1. The van der Waals surface area contributed by atoms with Crippen molar-refractivity contribution in [2.75, 3.05) is 23.9 Å². The molecular weight excluding hydrogens is 441 g/mol. The largest absolute Gasteiger partial charge is 0.477 e. The molecule has 32 heavy (non-hydrogen) atoms. The van der Waals surface area contributed by atoms with Gasteiger partial charge in [0.05, 0.1) is 17.7 Å². The van der Waals surface area contributed by atoms with E-state index in [-0.39, 0.29) is 28.2 Å². The van der Waals surface area contributed by atoms with E-state index in [1.54, 1.807) is 11.0 Å². The fraction of sp³-hybridized carbons (Fsp3) is 0.680. The van der Waals surface area contributed by atoms with Gasteiger partial charge < -0.3 is 14.6 Å². The maximum absolute atomic E-state index is 13.8. The molecule has 0 atom stereocenters. The van der Waals surface area contributed by atoms with E-state index in [0.717, 1.165) is 37.0 Å². The van der Waals surface area contributed by atoms with Gasteiger partial charge in [-0.1, -0.05) is 18.8 Å². The first-order valence-corrected chi connectivity index (χ1v) is 15.0. The molecule has 1 aromatic rings. The zero-order chi connectivity index (χ0) is 23.7. The zero-order valence-corrected chi connectivity index (χ0v) is 21.7. The standard InChI is InChI=1S/C25H36NO4PS/c1-17-6-8-18(9-7-17)23(27)26(19-11-14-31(5,30)15-12-19)21-16-20(10-13-25(2,3)4)32-22(21)24(28)29/h16-19H,6-9,11-12,14-15H2,1-5H3,(H,28,29)/t17-,18-,19?,31?. The van der Waals surface area contributed by atoms with Crippen LogP contribution < -0.4 is 4.90 Å². The summed E-state index contributed by atoms with van der Waals surface area (Å²) in [6.45, 7) is 10.1. The van der Waals surface area contributed by atoms with Crippen LogP contribution >= 0.6 is 18.5 Å². The Morgan fingerprint density at radius 2 is 1.72 bits per heavy atom. The molecule has 3 rings (SSSR count). The molecule has 1 aromatic heterocycles. The number of amides is 1. The van der Waals surface area contributed by atoms with E-state index in [1.807, 2.05) is 27.4 Å². The SMILES string of the molecule is CC(C)(C)C#Cc1cc(N(C(=O)[C@H]2CC[C@H](C)CC2)C2CCP(C)(=O)CC2)c(C(=O)O)s1. The van der Waals surface area contributed by atoms with Crippen LogP contribution in [0.5, 0.6) is 0 Å². The summed E-state index contributed by atoms with van der Waals surface area (Å²) < 4.78 is 12.6. The molecule has 1 aliphatic carbocycles. The molecule has 7 heteroatoms. The van der Waals surface area contributed by atoms with E-state index >= 15 is 0 Å². The Bertz CT molecular complexity index is 960. The van der Waals surface area contributed by atoms with Gasteiger partial charge in [0.25, 0.3) is 0 Å². The minimum absolute atomic E-state index is 0.0327. The van der Waals surface area contributed by atoms with Crippen LogP contribution in [-0.4, -0.2) is 42.0 Å². The van der Waals surface area contributed by atoms with Gasteiger partial charge in [0.15, 0.2) is 0 Å². The van der Waals surface area contributed by atoms with Gasteiger partial charge in [-0.3, -0.25) is 4.79 Å². The van der Waals surface area contributed by atoms with E-state index in [1.165, 1.54) is 0 Å². The third-order valence-electron chi connectivity index (χ3n) is 6.57. The van der Waals surface area contributed by atoms with Crippen molar-refractivity contribution in [1.29, 1.82) is 0 Å². The Kier molecular flexibility index (Phi) is 7.62. The smallest absolute Gasteiger partial charge is 0.348 e. The summed E-state index contributed by atoms with van der Waals surface area (Å²) in [6, 6.07) is 1.68. The van der Waals surface area contributed by atoms with Crippen molar-refractivity contribution in [3.63, 3.8) is 0 Å². The summed E-state index contributed by atoms with van der Waals surface area (Å²) in [5, 5.41) is 9.94. The second-order valence-electron chi connectivity index (χ2n) is 10.8. The Morgan fingerprint density at radius 3 is 2.25 bits per heavy atom. The molecule has 1 N–H and O–H groups in total. The monoisotopic (exact) mass is 477 g/mol. The van der Waals surface area contributed by atoms with Gasteiger partial charge in [0.1, 0.15) is 4.88 Å². The van der Waals surface area contributed by atoms with Crippen molar-refractivity contribution < 1.29 is 19.3 Å². The third kappa shape index (κ3) is 6.27. The summed E-state index contributed by atoms with van der Waals surface area (Å²) in [4.78, 5) is 28.6. The first-order chi connectivity index (χ1) is 14.9. The predicted octanol–water partition coefficient (Wildman–Crippen LogP) is 6.16. The van der Waals surface area contributed by atoms with Gasteiger partial charge in [-0.2, -0.15) is 0 Å². The molecule has 1 aliphatic heterocycles. The van der Waals surface area contributed by atoms with Crippen LogP contribution in [0.3, 0.4) is 0 Å². The number of anilines is 1. The fourth-order valence-corrected chi connectivity index (χ4v) is 7.34. The van der Waals surface area contributed by atoms with Gasteiger partial charge >= 0.3 is 5.97 Å². The Hall–Kier alpha value is -1.57. The molecule has 176 valence electrons. The second kappa shape index (κ2) is 9.74. The maximum Gasteiger partial charge on any atom is 0.348 e. The van der Waals surface area contributed by atoms with Gasteiger partial charge in [-0.05, 0) is 77.9 Å². The summed E-state index contributed by atoms with van der Waals surface area (Å²) >= 11 is 1.14. The van der Waals surface area contributed by atoms with Crippen molar-refractivity contribution in [3.05, 3.63) is 15.8 Å². The van der Waals surface area contributed by atoms with Gasteiger partial charge in [0, 0.05) is 29.7 Å². The highest BCUT2D eigenvalue weighted by Crippen LogP contribution is 2.48. The number of rotatable bonds is 4.